The van der Waals surface area contributed by atoms with E-state index in [0.29, 0.717) is 18.5 Å². The predicted octanol–water partition coefficient (Wildman–Crippen LogP) is 3.91. The van der Waals surface area contributed by atoms with Gasteiger partial charge in [0.1, 0.15) is 5.82 Å². The molecule has 0 saturated carbocycles. The minimum absolute atomic E-state index is 0.128. The number of rotatable bonds is 4. The highest BCUT2D eigenvalue weighted by molar-refractivity contribution is 7.90. The van der Waals surface area contributed by atoms with Crippen molar-refractivity contribution in [3.05, 3.63) is 59.7 Å². The molecule has 2 aromatic rings. The Balaban J connectivity index is 2.04. The molecule has 3 rings (SSSR count). The Morgan fingerprint density at radius 3 is 2.29 bits per heavy atom. The lowest BCUT2D eigenvalue weighted by atomic mass is 10.00. The van der Waals surface area contributed by atoms with E-state index in [1.165, 1.54) is 24.4 Å². The summed E-state index contributed by atoms with van der Waals surface area (Å²) in [4.78, 5) is 4.40. The first-order chi connectivity index (χ1) is 11.4. The van der Waals surface area contributed by atoms with Gasteiger partial charge in [-0.25, -0.2) is 12.8 Å². The van der Waals surface area contributed by atoms with E-state index >= 15 is 0 Å². The normalized spacial score (nSPS) is 18.2. The number of nitrogens with zero attached hydrogens (tertiary/aromatic N) is 1. The van der Waals surface area contributed by atoms with E-state index in [1.807, 2.05) is 0 Å². The molecule has 0 fully saturated rings. The van der Waals surface area contributed by atoms with E-state index in [4.69, 9.17) is 0 Å². The van der Waals surface area contributed by atoms with Gasteiger partial charge in [0.05, 0.1) is 17.3 Å². The number of alkyl halides is 1. The molecule has 0 radical (unpaired) electrons. The molecule has 126 valence electrons. The van der Waals surface area contributed by atoms with Gasteiger partial charge >= 0.3 is 0 Å². The maximum Gasteiger partial charge on any atom is 0.177 e. The highest BCUT2D eigenvalue weighted by Gasteiger charge is 2.27. The number of hydrogen-bond donors (Lipinski definition) is 0. The van der Waals surface area contributed by atoms with Gasteiger partial charge in [0.2, 0.25) is 0 Å². The topological polar surface area (TPSA) is 47.0 Å². The summed E-state index contributed by atoms with van der Waals surface area (Å²) < 4.78 is 49.4. The van der Waals surface area contributed by atoms with E-state index in [2.05, 4.69) is 4.98 Å². The van der Waals surface area contributed by atoms with Gasteiger partial charge in [-0.1, -0.05) is 12.1 Å². The monoisotopic (exact) mass is 349 g/mol. The molecule has 1 aromatic heterocycles. The van der Waals surface area contributed by atoms with Crippen molar-refractivity contribution >= 4 is 21.0 Å². The van der Waals surface area contributed by atoms with Crippen LogP contribution in [0.1, 0.15) is 24.1 Å². The van der Waals surface area contributed by atoms with Crippen LogP contribution in [0.5, 0.6) is 0 Å². The average molecular weight is 349 g/mol. The van der Waals surface area contributed by atoms with E-state index in [9.17, 15) is 17.2 Å². The number of allylic oxidation sites excluding steroid dienone is 2. The second kappa shape index (κ2) is 6.43. The standard InChI is InChI=1S/C18H17F2NO2S/c1-24(22,23)15-6-7-18(21-11-15)17-9-12(10-19)8-16(17)13-2-4-14(20)5-3-13/h2-7,11-12H,8-10H2,1H3. The van der Waals surface area contributed by atoms with Crippen molar-refractivity contribution in [2.45, 2.75) is 17.7 Å². The maximum atomic E-state index is 13.2. The van der Waals surface area contributed by atoms with Gasteiger partial charge in [-0.05, 0) is 59.7 Å². The number of sulfone groups is 1. The molecule has 1 aliphatic carbocycles. The lowest BCUT2D eigenvalue weighted by Gasteiger charge is -2.08. The summed E-state index contributed by atoms with van der Waals surface area (Å²) in [7, 11) is -3.31. The Labute approximate surface area is 140 Å². The highest BCUT2D eigenvalue weighted by Crippen LogP contribution is 2.42. The molecule has 0 aliphatic heterocycles. The van der Waals surface area contributed by atoms with E-state index < -0.39 is 16.5 Å². The fraction of sp³-hybridized carbons (Fsp3) is 0.278. The fourth-order valence-electron chi connectivity index (χ4n) is 2.99. The fourth-order valence-corrected chi connectivity index (χ4v) is 3.54. The zero-order valence-corrected chi connectivity index (χ0v) is 14.0. The highest BCUT2D eigenvalue weighted by atomic mass is 32.2. The van der Waals surface area contributed by atoms with Crippen LogP contribution in [0.15, 0.2) is 47.5 Å². The Hall–Kier alpha value is -2.08. The van der Waals surface area contributed by atoms with Gasteiger partial charge in [-0.15, -0.1) is 0 Å². The molecule has 1 aromatic carbocycles. The molecule has 1 heterocycles. The summed E-state index contributed by atoms with van der Waals surface area (Å²) in [5, 5.41) is 0. The van der Waals surface area contributed by atoms with Crippen molar-refractivity contribution in [2.75, 3.05) is 12.9 Å². The second-order valence-corrected chi connectivity index (χ2v) is 8.06. The smallest absolute Gasteiger partial charge is 0.177 e. The van der Waals surface area contributed by atoms with E-state index in [1.54, 1.807) is 18.2 Å². The Bertz CT molecular complexity index is 872. The summed E-state index contributed by atoms with van der Waals surface area (Å²) in [6, 6.07) is 9.27. The largest absolute Gasteiger partial charge is 0.255 e. The van der Waals surface area contributed by atoms with Crippen LogP contribution in [-0.2, 0) is 9.84 Å². The van der Waals surface area contributed by atoms with Gasteiger partial charge < -0.3 is 0 Å². The summed E-state index contributed by atoms with van der Waals surface area (Å²) in [5.74, 6) is -0.451. The van der Waals surface area contributed by atoms with Crippen molar-refractivity contribution < 1.29 is 17.2 Å². The number of hydrogen-bond acceptors (Lipinski definition) is 3. The van der Waals surface area contributed by atoms with Crippen LogP contribution in [-0.4, -0.2) is 26.3 Å². The lowest BCUT2D eigenvalue weighted by molar-refractivity contribution is 0.379. The van der Waals surface area contributed by atoms with Gasteiger partial charge in [0.15, 0.2) is 9.84 Å². The molecule has 1 atom stereocenters. The third kappa shape index (κ3) is 3.38. The Morgan fingerprint density at radius 1 is 1.08 bits per heavy atom. The van der Waals surface area contributed by atoms with Crippen molar-refractivity contribution in [1.29, 1.82) is 0 Å². The zero-order chi connectivity index (χ0) is 17.3. The quantitative estimate of drug-likeness (QED) is 0.841. The first kappa shape index (κ1) is 16.8. The minimum atomic E-state index is -3.31. The maximum absolute atomic E-state index is 13.2. The van der Waals surface area contributed by atoms with Crippen molar-refractivity contribution in [1.82, 2.24) is 4.98 Å². The molecule has 0 amide bonds. The van der Waals surface area contributed by atoms with E-state index in [-0.39, 0.29) is 16.6 Å². The summed E-state index contributed by atoms with van der Waals surface area (Å²) in [6.45, 7) is -0.435. The molecule has 1 unspecified atom stereocenters. The molecule has 24 heavy (non-hydrogen) atoms. The summed E-state index contributed by atoms with van der Waals surface area (Å²) in [6.07, 6.45) is 3.55. The van der Waals surface area contributed by atoms with Crippen LogP contribution in [0.4, 0.5) is 8.78 Å². The van der Waals surface area contributed by atoms with Crippen LogP contribution < -0.4 is 0 Å². The van der Waals surface area contributed by atoms with Gasteiger partial charge in [-0.3, -0.25) is 9.37 Å². The summed E-state index contributed by atoms with van der Waals surface area (Å²) in [5.41, 5.74) is 3.32. The van der Waals surface area contributed by atoms with Gasteiger partial charge in [0.25, 0.3) is 0 Å². The molecular weight excluding hydrogens is 332 g/mol. The zero-order valence-electron chi connectivity index (χ0n) is 13.2. The second-order valence-electron chi connectivity index (χ2n) is 6.04. The van der Waals surface area contributed by atoms with Crippen molar-refractivity contribution in [3.63, 3.8) is 0 Å². The molecule has 0 N–H and O–H groups in total. The minimum Gasteiger partial charge on any atom is -0.255 e. The Kier molecular flexibility index (Phi) is 4.49. The van der Waals surface area contributed by atoms with Gasteiger partial charge in [-0.2, -0.15) is 0 Å². The SMILES string of the molecule is CS(=O)(=O)c1ccc(C2=C(c3ccc(F)cc3)CC(CF)C2)nc1. The molecule has 0 spiro atoms. The van der Waals surface area contributed by atoms with Crippen LogP contribution >= 0.6 is 0 Å². The number of benzene rings is 1. The number of aromatic nitrogens is 1. The lowest BCUT2D eigenvalue weighted by Crippen LogP contribution is -2.00. The van der Waals surface area contributed by atoms with Gasteiger partial charge in [0, 0.05) is 12.5 Å². The first-order valence-electron chi connectivity index (χ1n) is 7.59. The molecule has 1 aliphatic rings. The third-order valence-electron chi connectivity index (χ3n) is 4.23. The van der Waals surface area contributed by atoms with Crippen LogP contribution in [0.25, 0.3) is 11.1 Å². The molecular formula is C18H17F2NO2S. The van der Waals surface area contributed by atoms with E-state index in [0.717, 1.165) is 23.0 Å². The van der Waals surface area contributed by atoms with Crippen LogP contribution in [0.3, 0.4) is 0 Å². The predicted molar refractivity (Wildman–Crippen MR) is 89.3 cm³/mol. The molecule has 3 nitrogen and oxygen atoms in total. The third-order valence-corrected chi connectivity index (χ3v) is 5.33. The van der Waals surface area contributed by atoms with Crippen LogP contribution in [0.2, 0.25) is 0 Å². The molecule has 0 saturated heterocycles. The summed E-state index contributed by atoms with van der Waals surface area (Å²) >= 11 is 0. The van der Waals surface area contributed by atoms with Crippen molar-refractivity contribution in [3.8, 4) is 0 Å². The van der Waals surface area contributed by atoms with Crippen LogP contribution in [0, 0.1) is 11.7 Å². The molecule has 6 heteroatoms. The Morgan fingerprint density at radius 2 is 1.75 bits per heavy atom. The number of halogens is 2. The number of pyridine rings is 1. The first-order valence-corrected chi connectivity index (χ1v) is 9.48. The average Bonchev–Trinajstić information content (AvgIpc) is 2.99. The van der Waals surface area contributed by atoms with Crippen molar-refractivity contribution in [2.24, 2.45) is 5.92 Å². The molecule has 0 bridgehead atoms.